The van der Waals surface area contributed by atoms with Gasteiger partial charge in [-0.15, -0.1) is 11.6 Å². The van der Waals surface area contributed by atoms with Crippen LogP contribution in [0.2, 0.25) is 0 Å². The van der Waals surface area contributed by atoms with E-state index in [1.807, 2.05) is 10.8 Å². The van der Waals surface area contributed by atoms with Crippen LogP contribution in [0.25, 0.3) is 0 Å². The molecule has 7 nitrogen and oxygen atoms in total. The topological polar surface area (TPSA) is 73.0 Å². The SMILES string of the molecule is O=S(=O)(c1cnn(CCCl)c1)N1CCn2ccnc2C1. The number of sulfonamides is 1. The number of alkyl halides is 1. The van der Waals surface area contributed by atoms with Crippen LogP contribution in [-0.4, -0.2) is 44.5 Å². The maximum absolute atomic E-state index is 12.5. The number of nitrogens with zero attached hydrogens (tertiary/aromatic N) is 5. The van der Waals surface area contributed by atoms with Crippen molar-refractivity contribution in [2.75, 3.05) is 12.4 Å². The number of aryl methyl sites for hydroxylation is 1. The first kappa shape index (κ1) is 13.6. The van der Waals surface area contributed by atoms with Crippen LogP contribution in [-0.2, 0) is 29.7 Å². The van der Waals surface area contributed by atoms with E-state index in [1.54, 1.807) is 6.20 Å². The molecule has 0 aromatic carbocycles. The summed E-state index contributed by atoms with van der Waals surface area (Å²) in [4.78, 5) is 4.36. The lowest BCUT2D eigenvalue weighted by molar-refractivity contribution is 0.335. The van der Waals surface area contributed by atoms with Crippen molar-refractivity contribution in [2.45, 2.75) is 24.5 Å². The summed E-state index contributed by atoms with van der Waals surface area (Å²) in [7, 11) is -3.53. The van der Waals surface area contributed by atoms with Gasteiger partial charge in [0.1, 0.15) is 10.7 Å². The fourth-order valence-electron chi connectivity index (χ4n) is 2.19. The Labute approximate surface area is 121 Å². The second-order valence-electron chi connectivity index (χ2n) is 4.50. The summed E-state index contributed by atoms with van der Waals surface area (Å²) in [6.07, 6.45) is 6.42. The largest absolute Gasteiger partial charge is 0.333 e. The normalized spacial score (nSPS) is 16.2. The molecular weight excluding hydrogens is 302 g/mol. The first-order valence-electron chi connectivity index (χ1n) is 6.20. The van der Waals surface area contributed by atoms with Crippen molar-refractivity contribution in [3.05, 3.63) is 30.6 Å². The summed E-state index contributed by atoms with van der Waals surface area (Å²) in [5.41, 5.74) is 0. The molecule has 2 aromatic rings. The predicted molar refractivity (Wildman–Crippen MR) is 72.8 cm³/mol. The van der Waals surface area contributed by atoms with Crippen LogP contribution in [0.5, 0.6) is 0 Å². The number of rotatable bonds is 4. The molecular formula is C11H14ClN5O2S. The Kier molecular flexibility index (Phi) is 3.53. The lowest BCUT2D eigenvalue weighted by Gasteiger charge is -2.26. The smallest absolute Gasteiger partial charge is 0.246 e. The van der Waals surface area contributed by atoms with E-state index in [0.717, 1.165) is 5.82 Å². The fourth-order valence-corrected chi connectivity index (χ4v) is 3.71. The second-order valence-corrected chi connectivity index (χ2v) is 6.82. The van der Waals surface area contributed by atoms with Gasteiger partial charge in [0.25, 0.3) is 0 Å². The first-order valence-corrected chi connectivity index (χ1v) is 8.17. The van der Waals surface area contributed by atoms with Crippen molar-refractivity contribution in [1.29, 1.82) is 0 Å². The molecule has 9 heteroatoms. The van der Waals surface area contributed by atoms with Gasteiger partial charge in [-0.25, -0.2) is 13.4 Å². The minimum Gasteiger partial charge on any atom is -0.333 e. The van der Waals surface area contributed by atoms with Gasteiger partial charge in [0, 0.05) is 37.6 Å². The van der Waals surface area contributed by atoms with E-state index >= 15 is 0 Å². The summed E-state index contributed by atoms with van der Waals surface area (Å²) < 4.78 is 30.0. The molecule has 0 unspecified atom stereocenters. The van der Waals surface area contributed by atoms with Crippen LogP contribution < -0.4 is 0 Å². The maximum Gasteiger partial charge on any atom is 0.246 e. The Morgan fingerprint density at radius 1 is 1.35 bits per heavy atom. The molecule has 3 heterocycles. The molecule has 0 saturated heterocycles. The first-order chi connectivity index (χ1) is 9.61. The summed E-state index contributed by atoms with van der Waals surface area (Å²) in [6, 6.07) is 0. The minimum atomic E-state index is -3.53. The van der Waals surface area contributed by atoms with Gasteiger partial charge >= 0.3 is 0 Å². The van der Waals surface area contributed by atoms with Gasteiger partial charge in [0.15, 0.2) is 0 Å². The summed E-state index contributed by atoms with van der Waals surface area (Å²) in [5, 5.41) is 4.01. The molecule has 0 atom stereocenters. The highest BCUT2D eigenvalue weighted by molar-refractivity contribution is 7.89. The van der Waals surface area contributed by atoms with Crippen molar-refractivity contribution in [2.24, 2.45) is 0 Å². The highest BCUT2D eigenvalue weighted by atomic mass is 35.5. The maximum atomic E-state index is 12.5. The Bertz CT molecular complexity index is 708. The number of hydrogen-bond acceptors (Lipinski definition) is 4. The standard InChI is InChI=1S/C11H14ClN5O2S/c12-1-3-16-8-10(7-14-16)20(18,19)17-6-5-15-4-2-13-11(15)9-17/h2,4,7-8H,1,3,5-6,9H2. The third kappa shape index (κ3) is 2.34. The third-order valence-corrected chi connectivity index (χ3v) is 5.24. The lowest BCUT2D eigenvalue weighted by Crippen LogP contribution is -2.38. The van der Waals surface area contributed by atoms with Crippen LogP contribution in [0, 0.1) is 0 Å². The van der Waals surface area contributed by atoms with Crippen LogP contribution in [0.3, 0.4) is 0 Å². The van der Waals surface area contributed by atoms with Crippen molar-refractivity contribution in [3.8, 4) is 0 Å². The van der Waals surface area contributed by atoms with Crippen molar-refractivity contribution >= 4 is 21.6 Å². The van der Waals surface area contributed by atoms with Gasteiger partial charge in [-0.05, 0) is 0 Å². The lowest BCUT2D eigenvalue weighted by atomic mass is 10.4. The van der Waals surface area contributed by atoms with Gasteiger partial charge < -0.3 is 4.57 Å². The van der Waals surface area contributed by atoms with E-state index in [0.29, 0.717) is 25.5 Å². The molecule has 0 amide bonds. The molecule has 0 aliphatic carbocycles. The zero-order valence-corrected chi connectivity index (χ0v) is 12.3. The zero-order chi connectivity index (χ0) is 14.2. The molecule has 0 N–H and O–H groups in total. The van der Waals surface area contributed by atoms with Crippen molar-refractivity contribution in [1.82, 2.24) is 23.6 Å². The third-order valence-electron chi connectivity index (χ3n) is 3.27. The summed E-state index contributed by atoms with van der Waals surface area (Å²) in [6.45, 7) is 1.83. The molecule has 3 rings (SSSR count). The number of imidazole rings is 1. The van der Waals surface area contributed by atoms with E-state index in [4.69, 9.17) is 11.6 Å². The second kappa shape index (κ2) is 5.19. The zero-order valence-electron chi connectivity index (χ0n) is 10.7. The highest BCUT2D eigenvalue weighted by Gasteiger charge is 2.29. The molecule has 0 spiro atoms. The Balaban J connectivity index is 1.85. The molecule has 1 aliphatic heterocycles. The Morgan fingerprint density at radius 3 is 3.00 bits per heavy atom. The van der Waals surface area contributed by atoms with Crippen LogP contribution in [0.15, 0.2) is 29.7 Å². The van der Waals surface area contributed by atoms with E-state index < -0.39 is 10.0 Å². The molecule has 0 saturated carbocycles. The number of halogens is 1. The fraction of sp³-hybridized carbons (Fsp3) is 0.455. The molecule has 1 aliphatic rings. The van der Waals surface area contributed by atoms with E-state index in [-0.39, 0.29) is 11.4 Å². The Morgan fingerprint density at radius 2 is 2.20 bits per heavy atom. The number of fused-ring (bicyclic) bond motifs is 1. The highest BCUT2D eigenvalue weighted by Crippen LogP contribution is 2.20. The molecule has 0 bridgehead atoms. The van der Waals surface area contributed by atoms with E-state index in [9.17, 15) is 8.42 Å². The van der Waals surface area contributed by atoms with E-state index in [1.165, 1.54) is 21.4 Å². The monoisotopic (exact) mass is 315 g/mol. The summed E-state index contributed by atoms with van der Waals surface area (Å²) >= 11 is 5.62. The average molecular weight is 316 g/mol. The average Bonchev–Trinajstić information content (AvgIpc) is 3.06. The van der Waals surface area contributed by atoms with Crippen molar-refractivity contribution < 1.29 is 8.42 Å². The summed E-state index contributed by atoms with van der Waals surface area (Å²) in [5.74, 6) is 1.15. The van der Waals surface area contributed by atoms with Gasteiger partial charge in [-0.2, -0.15) is 9.40 Å². The van der Waals surface area contributed by atoms with Crippen LogP contribution in [0.4, 0.5) is 0 Å². The van der Waals surface area contributed by atoms with Gasteiger partial charge in [-0.3, -0.25) is 4.68 Å². The molecule has 0 fully saturated rings. The minimum absolute atomic E-state index is 0.197. The quantitative estimate of drug-likeness (QED) is 0.771. The van der Waals surface area contributed by atoms with Crippen LogP contribution in [0.1, 0.15) is 5.82 Å². The molecule has 2 aromatic heterocycles. The predicted octanol–water partition coefficient (Wildman–Crippen LogP) is 0.523. The molecule has 20 heavy (non-hydrogen) atoms. The number of aromatic nitrogens is 4. The molecule has 0 radical (unpaired) electrons. The van der Waals surface area contributed by atoms with Crippen molar-refractivity contribution in [3.63, 3.8) is 0 Å². The van der Waals surface area contributed by atoms with Gasteiger partial charge in [0.2, 0.25) is 10.0 Å². The van der Waals surface area contributed by atoms with Gasteiger partial charge in [-0.1, -0.05) is 0 Å². The Hall–Kier alpha value is -1.38. The number of hydrogen-bond donors (Lipinski definition) is 0. The molecule has 108 valence electrons. The van der Waals surface area contributed by atoms with Crippen LogP contribution >= 0.6 is 11.6 Å². The van der Waals surface area contributed by atoms with E-state index in [2.05, 4.69) is 10.1 Å². The van der Waals surface area contributed by atoms with Gasteiger partial charge in [0.05, 0.1) is 19.3 Å².